The van der Waals surface area contributed by atoms with E-state index < -0.39 is 0 Å². The smallest absolute Gasteiger partial charge is 0.225 e. The van der Waals surface area contributed by atoms with Crippen LogP contribution in [-0.2, 0) is 4.79 Å². The first-order chi connectivity index (χ1) is 11.2. The topological polar surface area (TPSA) is 60.5 Å². The van der Waals surface area contributed by atoms with Gasteiger partial charge in [-0.15, -0.1) is 0 Å². The fourth-order valence-corrected chi connectivity index (χ4v) is 2.03. The molecule has 1 aromatic heterocycles. The highest BCUT2D eigenvalue weighted by Crippen LogP contribution is 2.17. The molecule has 1 heterocycles. The van der Waals surface area contributed by atoms with E-state index in [9.17, 15) is 4.79 Å². The van der Waals surface area contributed by atoms with Crippen LogP contribution in [0.2, 0.25) is 0 Å². The first kappa shape index (κ1) is 16.8. The summed E-state index contributed by atoms with van der Waals surface area (Å²) in [5, 5.41) is 2.81. The molecule has 0 aliphatic rings. The Hall–Kier alpha value is -2.56. The molecule has 0 saturated heterocycles. The number of nitrogens with one attached hydrogen (secondary N) is 1. The fraction of sp³-hybridized carbons (Fsp3) is 0.333. The van der Waals surface area contributed by atoms with E-state index in [4.69, 9.17) is 9.47 Å². The minimum atomic E-state index is -0.0536. The van der Waals surface area contributed by atoms with Crippen molar-refractivity contribution in [2.75, 3.05) is 18.5 Å². The maximum Gasteiger partial charge on any atom is 0.225 e. The van der Waals surface area contributed by atoms with Crippen LogP contribution in [0.1, 0.15) is 25.3 Å². The summed E-state index contributed by atoms with van der Waals surface area (Å²) in [6, 6.07) is 11.2. The molecule has 122 valence electrons. The number of amides is 1. The van der Waals surface area contributed by atoms with Gasteiger partial charge in [0.1, 0.15) is 17.3 Å². The summed E-state index contributed by atoms with van der Waals surface area (Å²) < 4.78 is 11.0. The number of hydrogen-bond donors (Lipinski definition) is 1. The van der Waals surface area contributed by atoms with E-state index in [2.05, 4.69) is 10.3 Å². The van der Waals surface area contributed by atoms with Gasteiger partial charge in [-0.25, -0.2) is 4.98 Å². The Bertz CT molecular complexity index is 626. The van der Waals surface area contributed by atoms with Crippen molar-refractivity contribution >= 4 is 11.7 Å². The number of carbonyl (C=O) groups is 1. The zero-order valence-corrected chi connectivity index (χ0v) is 13.5. The minimum absolute atomic E-state index is 0.0536. The molecule has 0 unspecified atom stereocenters. The third-order valence-electron chi connectivity index (χ3n) is 3.22. The number of rotatable bonds is 8. The van der Waals surface area contributed by atoms with Gasteiger partial charge in [0.25, 0.3) is 0 Å². The van der Waals surface area contributed by atoms with E-state index in [0.717, 1.165) is 17.1 Å². The number of hydrogen-bond acceptors (Lipinski definition) is 4. The van der Waals surface area contributed by atoms with E-state index in [-0.39, 0.29) is 5.91 Å². The lowest BCUT2D eigenvalue weighted by molar-refractivity contribution is -0.116. The molecule has 1 aromatic carbocycles. The quantitative estimate of drug-likeness (QED) is 0.757. The lowest BCUT2D eigenvalue weighted by Gasteiger charge is -2.09. The number of anilines is 1. The van der Waals surface area contributed by atoms with Crippen LogP contribution in [0.3, 0.4) is 0 Å². The van der Waals surface area contributed by atoms with Gasteiger partial charge in [0.15, 0.2) is 0 Å². The van der Waals surface area contributed by atoms with Gasteiger partial charge in [-0.2, -0.15) is 0 Å². The summed E-state index contributed by atoms with van der Waals surface area (Å²) in [4.78, 5) is 16.0. The van der Waals surface area contributed by atoms with Gasteiger partial charge >= 0.3 is 0 Å². The molecule has 0 bridgehead atoms. The van der Waals surface area contributed by atoms with Crippen LogP contribution >= 0.6 is 0 Å². The van der Waals surface area contributed by atoms with Crippen molar-refractivity contribution in [1.29, 1.82) is 0 Å². The number of pyridine rings is 1. The Morgan fingerprint density at radius 1 is 1.13 bits per heavy atom. The SMILES string of the molecule is CCOc1ccc(OCCCC(=O)Nc2ncccc2C)cc1. The number of ether oxygens (including phenoxy) is 2. The molecule has 0 spiro atoms. The second kappa shape index (κ2) is 8.78. The number of aromatic nitrogens is 1. The summed E-state index contributed by atoms with van der Waals surface area (Å²) in [5.41, 5.74) is 0.950. The second-order valence-corrected chi connectivity index (χ2v) is 5.07. The van der Waals surface area contributed by atoms with E-state index >= 15 is 0 Å². The van der Waals surface area contributed by atoms with Gasteiger partial charge in [-0.05, 0) is 56.2 Å². The molecule has 23 heavy (non-hydrogen) atoms. The minimum Gasteiger partial charge on any atom is -0.494 e. The van der Waals surface area contributed by atoms with Gasteiger partial charge in [-0.1, -0.05) is 6.07 Å². The molecule has 1 N–H and O–H groups in total. The molecule has 0 radical (unpaired) electrons. The predicted molar refractivity (Wildman–Crippen MR) is 89.9 cm³/mol. The highest BCUT2D eigenvalue weighted by Gasteiger charge is 2.05. The highest BCUT2D eigenvalue weighted by molar-refractivity contribution is 5.90. The van der Waals surface area contributed by atoms with Crippen LogP contribution in [0.15, 0.2) is 42.6 Å². The van der Waals surface area contributed by atoms with Crippen LogP contribution in [-0.4, -0.2) is 24.1 Å². The third-order valence-corrected chi connectivity index (χ3v) is 3.22. The summed E-state index contributed by atoms with van der Waals surface area (Å²) in [6.45, 7) is 4.99. The number of benzene rings is 1. The van der Waals surface area contributed by atoms with Gasteiger partial charge < -0.3 is 14.8 Å². The predicted octanol–water partition coefficient (Wildman–Crippen LogP) is 3.59. The van der Waals surface area contributed by atoms with Crippen LogP contribution in [0.4, 0.5) is 5.82 Å². The fourth-order valence-electron chi connectivity index (χ4n) is 2.03. The Morgan fingerprint density at radius 3 is 2.48 bits per heavy atom. The average molecular weight is 314 g/mol. The van der Waals surface area contributed by atoms with Crippen molar-refractivity contribution in [3.8, 4) is 11.5 Å². The van der Waals surface area contributed by atoms with Gasteiger partial charge in [-0.3, -0.25) is 4.79 Å². The standard InChI is InChI=1S/C18H22N2O3/c1-3-22-15-8-10-16(11-9-15)23-13-5-7-17(21)20-18-14(2)6-4-12-19-18/h4,6,8-12H,3,5,7,13H2,1-2H3,(H,19,20,21). The first-order valence-electron chi connectivity index (χ1n) is 7.76. The maximum absolute atomic E-state index is 11.9. The van der Waals surface area contributed by atoms with Crippen molar-refractivity contribution in [3.63, 3.8) is 0 Å². The molecule has 5 heteroatoms. The van der Waals surface area contributed by atoms with Crippen molar-refractivity contribution < 1.29 is 14.3 Å². The van der Waals surface area contributed by atoms with Gasteiger partial charge in [0, 0.05) is 12.6 Å². The Morgan fingerprint density at radius 2 is 1.83 bits per heavy atom. The molecule has 0 aliphatic carbocycles. The molecule has 5 nitrogen and oxygen atoms in total. The third kappa shape index (κ3) is 5.62. The average Bonchev–Trinajstić information content (AvgIpc) is 2.55. The maximum atomic E-state index is 11.9. The molecule has 0 saturated carbocycles. The van der Waals surface area contributed by atoms with E-state index in [0.29, 0.717) is 31.9 Å². The Labute approximate surface area is 136 Å². The normalized spacial score (nSPS) is 10.2. The molecular weight excluding hydrogens is 292 g/mol. The lowest BCUT2D eigenvalue weighted by Crippen LogP contribution is -2.14. The van der Waals surface area contributed by atoms with Crippen molar-refractivity contribution in [2.24, 2.45) is 0 Å². The summed E-state index contributed by atoms with van der Waals surface area (Å²) in [5.74, 6) is 2.16. The van der Waals surface area contributed by atoms with Gasteiger partial charge in [0.05, 0.1) is 13.2 Å². The Kier molecular flexibility index (Phi) is 6.41. The number of carbonyl (C=O) groups excluding carboxylic acids is 1. The van der Waals surface area contributed by atoms with Crippen LogP contribution in [0.25, 0.3) is 0 Å². The second-order valence-electron chi connectivity index (χ2n) is 5.07. The molecule has 2 aromatic rings. The molecule has 0 atom stereocenters. The van der Waals surface area contributed by atoms with E-state index in [1.807, 2.05) is 50.2 Å². The first-order valence-corrected chi connectivity index (χ1v) is 7.76. The monoisotopic (exact) mass is 314 g/mol. The van der Waals surface area contributed by atoms with E-state index in [1.54, 1.807) is 6.20 Å². The molecule has 2 rings (SSSR count). The lowest BCUT2D eigenvalue weighted by atomic mass is 10.2. The largest absolute Gasteiger partial charge is 0.494 e. The zero-order chi connectivity index (χ0) is 16.5. The van der Waals surface area contributed by atoms with Crippen LogP contribution in [0, 0.1) is 6.92 Å². The van der Waals surface area contributed by atoms with Crippen molar-refractivity contribution in [2.45, 2.75) is 26.7 Å². The molecule has 0 aliphatic heterocycles. The van der Waals surface area contributed by atoms with Crippen molar-refractivity contribution in [3.05, 3.63) is 48.2 Å². The van der Waals surface area contributed by atoms with Crippen LogP contribution < -0.4 is 14.8 Å². The number of aryl methyl sites for hydroxylation is 1. The molecule has 1 amide bonds. The molecular formula is C18H22N2O3. The Balaban J connectivity index is 1.68. The summed E-state index contributed by atoms with van der Waals surface area (Å²) >= 11 is 0. The van der Waals surface area contributed by atoms with E-state index in [1.165, 1.54) is 0 Å². The number of nitrogens with zero attached hydrogens (tertiary/aromatic N) is 1. The highest BCUT2D eigenvalue weighted by atomic mass is 16.5. The van der Waals surface area contributed by atoms with Crippen LogP contribution in [0.5, 0.6) is 11.5 Å². The summed E-state index contributed by atoms with van der Waals surface area (Å²) in [7, 11) is 0. The molecule has 0 fully saturated rings. The van der Waals surface area contributed by atoms with Gasteiger partial charge in [0.2, 0.25) is 5.91 Å². The zero-order valence-electron chi connectivity index (χ0n) is 13.5. The van der Waals surface area contributed by atoms with Crippen molar-refractivity contribution in [1.82, 2.24) is 4.98 Å². The summed E-state index contributed by atoms with van der Waals surface area (Å²) in [6.07, 6.45) is 2.70.